The standard InChI is InChI=1S/C14H9ClF2OS/c15-13-6-3-10(17)7-12(13)14(18)8-19-11-4-1-9(16)2-5-11/h1-7H,8H2. The van der Waals surface area contributed by atoms with Gasteiger partial charge in [0, 0.05) is 10.5 Å². The topological polar surface area (TPSA) is 17.1 Å². The second-order valence-electron chi connectivity index (χ2n) is 3.79. The van der Waals surface area contributed by atoms with Gasteiger partial charge in [-0.15, -0.1) is 11.8 Å². The van der Waals surface area contributed by atoms with Crippen LogP contribution in [0.3, 0.4) is 0 Å². The zero-order valence-electron chi connectivity index (χ0n) is 9.70. The number of carbonyl (C=O) groups is 1. The number of hydrogen-bond donors (Lipinski definition) is 0. The third-order valence-corrected chi connectivity index (χ3v) is 3.75. The summed E-state index contributed by atoms with van der Waals surface area (Å²) in [6.45, 7) is 0. The first-order chi connectivity index (χ1) is 9.06. The van der Waals surface area contributed by atoms with Gasteiger partial charge in [-0.1, -0.05) is 11.6 Å². The summed E-state index contributed by atoms with van der Waals surface area (Å²) in [5.41, 5.74) is 0.163. The molecule has 2 rings (SSSR count). The number of halogens is 3. The second kappa shape index (κ2) is 6.17. The molecule has 5 heteroatoms. The van der Waals surface area contributed by atoms with Gasteiger partial charge in [-0.05, 0) is 42.5 Å². The van der Waals surface area contributed by atoms with Crippen molar-refractivity contribution in [2.45, 2.75) is 4.90 Å². The molecule has 0 spiro atoms. The molecule has 1 nitrogen and oxygen atoms in total. The molecular weight excluding hydrogens is 290 g/mol. The van der Waals surface area contributed by atoms with Crippen molar-refractivity contribution in [3.63, 3.8) is 0 Å². The second-order valence-corrected chi connectivity index (χ2v) is 5.25. The summed E-state index contributed by atoms with van der Waals surface area (Å²) >= 11 is 7.10. The fourth-order valence-corrected chi connectivity index (χ4v) is 2.47. The first kappa shape index (κ1) is 14.0. The highest BCUT2D eigenvalue weighted by Gasteiger charge is 2.12. The lowest BCUT2D eigenvalue weighted by Crippen LogP contribution is -2.03. The van der Waals surface area contributed by atoms with Gasteiger partial charge in [0.1, 0.15) is 11.6 Å². The molecule has 0 amide bonds. The molecule has 0 aromatic heterocycles. The molecule has 0 heterocycles. The maximum Gasteiger partial charge on any atom is 0.174 e. The minimum absolute atomic E-state index is 0.120. The lowest BCUT2D eigenvalue weighted by Gasteiger charge is -2.04. The summed E-state index contributed by atoms with van der Waals surface area (Å²) < 4.78 is 25.8. The van der Waals surface area contributed by atoms with Crippen LogP contribution < -0.4 is 0 Å². The van der Waals surface area contributed by atoms with E-state index in [0.717, 1.165) is 11.0 Å². The first-order valence-corrected chi connectivity index (χ1v) is 6.79. The summed E-state index contributed by atoms with van der Waals surface area (Å²) in [5, 5.41) is 0.228. The van der Waals surface area contributed by atoms with Gasteiger partial charge in [-0.25, -0.2) is 8.78 Å². The van der Waals surface area contributed by atoms with E-state index in [-0.39, 0.29) is 27.9 Å². The molecule has 0 atom stereocenters. The van der Waals surface area contributed by atoms with E-state index < -0.39 is 5.82 Å². The van der Waals surface area contributed by atoms with E-state index in [9.17, 15) is 13.6 Å². The van der Waals surface area contributed by atoms with Crippen LogP contribution in [0.5, 0.6) is 0 Å². The Bertz CT molecular complexity index is 599. The zero-order chi connectivity index (χ0) is 13.8. The van der Waals surface area contributed by atoms with Crippen LogP contribution in [0.1, 0.15) is 10.4 Å². The van der Waals surface area contributed by atoms with Crippen LogP contribution in [-0.4, -0.2) is 11.5 Å². The van der Waals surface area contributed by atoms with Crippen LogP contribution in [0.25, 0.3) is 0 Å². The minimum atomic E-state index is -0.500. The molecule has 0 saturated heterocycles. The predicted molar refractivity (Wildman–Crippen MR) is 72.9 cm³/mol. The maximum atomic E-state index is 13.1. The number of Topliss-reactive ketones (excluding diaryl/α,β-unsaturated/α-hetero) is 1. The number of carbonyl (C=O) groups excluding carboxylic acids is 1. The highest BCUT2D eigenvalue weighted by atomic mass is 35.5. The van der Waals surface area contributed by atoms with Crippen LogP contribution in [0.15, 0.2) is 47.4 Å². The Kier molecular flexibility index (Phi) is 4.56. The van der Waals surface area contributed by atoms with Gasteiger partial charge in [0.05, 0.1) is 10.8 Å². The molecule has 0 radical (unpaired) electrons. The maximum absolute atomic E-state index is 13.1. The third kappa shape index (κ3) is 3.78. The van der Waals surface area contributed by atoms with E-state index in [4.69, 9.17) is 11.6 Å². The Balaban J connectivity index is 2.05. The van der Waals surface area contributed by atoms with E-state index in [0.29, 0.717) is 0 Å². The molecule has 0 fully saturated rings. The van der Waals surface area contributed by atoms with E-state index in [1.165, 1.54) is 36.0 Å². The monoisotopic (exact) mass is 298 g/mol. The highest BCUT2D eigenvalue weighted by Crippen LogP contribution is 2.23. The highest BCUT2D eigenvalue weighted by molar-refractivity contribution is 8.00. The molecule has 0 aliphatic heterocycles. The lowest BCUT2D eigenvalue weighted by molar-refractivity contribution is 0.102. The van der Waals surface area contributed by atoms with Crippen molar-refractivity contribution in [2.24, 2.45) is 0 Å². The van der Waals surface area contributed by atoms with E-state index >= 15 is 0 Å². The molecule has 0 unspecified atom stereocenters. The Morgan fingerprint density at radius 3 is 2.37 bits per heavy atom. The van der Waals surface area contributed by atoms with Gasteiger partial charge in [0.2, 0.25) is 0 Å². The molecule has 19 heavy (non-hydrogen) atoms. The molecule has 2 aromatic carbocycles. The number of ketones is 1. The van der Waals surface area contributed by atoms with Crippen molar-refractivity contribution in [1.82, 2.24) is 0 Å². The number of rotatable bonds is 4. The predicted octanol–water partition coefficient (Wildman–Crippen LogP) is 4.59. The fraction of sp³-hybridized carbons (Fsp3) is 0.0714. The molecule has 98 valence electrons. The van der Waals surface area contributed by atoms with Crippen molar-refractivity contribution in [3.05, 3.63) is 64.7 Å². The van der Waals surface area contributed by atoms with Gasteiger partial charge in [0.25, 0.3) is 0 Å². The van der Waals surface area contributed by atoms with Gasteiger partial charge < -0.3 is 0 Å². The van der Waals surface area contributed by atoms with E-state index in [2.05, 4.69) is 0 Å². The third-order valence-electron chi connectivity index (χ3n) is 2.41. The van der Waals surface area contributed by atoms with Gasteiger partial charge in [0.15, 0.2) is 5.78 Å². The molecule has 0 aliphatic carbocycles. The summed E-state index contributed by atoms with van der Waals surface area (Å²) in [7, 11) is 0. The van der Waals surface area contributed by atoms with E-state index in [1.54, 1.807) is 12.1 Å². The Labute approximate surface area is 118 Å². The normalized spacial score (nSPS) is 10.5. The first-order valence-electron chi connectivity index (χ1n) is 5.43. The molecule has 0 N–H and O–H groups in total. The van der Waals surface area contributed by atoms with E-state index in [1.807, 2.05) is 0 Å². The summed E-state index contributed by atoms with van der Waals surface area (Å²) in [4.78, 5) is 12.7. The van der Waals surface area contributed by atoms with Crippen LogP contribution in [0.2, 0.25) is 5.02 Å². The number of benzene rings is 2. The summed E-state index contributed by atoms with van der Waals surface area (Å²) in [6, 6.07) is 9.49. The molecular formula is C14H9ClF2OS. The molecule has 0 saturated carbocycles. The zero-order valence-corrected chi connectivity index (χ0v) is 11.3. The van der Waals surface area contributed by atoms with Crippen LogP contribution in [-0.2, 0) is 0 Å². The summed E-state index contributed by atoms with van der Waals surface area (Å²) in [6.07, 6.45) is 0. The quantitative estimate of drug-likeness (QED) is 0.606. The van der Waals surface area contributed by atoms with Crippen molar-refractivity contribution >= 4 is 29.1 Å². The van der Waals surface area contributed by atoms with Gasteiger partial charge >= 0.3 is 0 Å². The Hall–Kier alpha value is -1.39. The van der Waals surface area contributed by atoms with Crippen molar-refractivity contribution in [2.75, 3.05) is 5.75 Å². The van der Waals surface area contributed by atoms with Crippen molar-refractivity contribution in [3.8, 4) is 0 Å². The Morgan fingerprint density at radius 1 is 1.05 bits per heavy atom. The van der Waals surface area contributed by atoms with Crippen molar-refractivity contribution < 1.29 is 13.6 Å². The number of thioether (sulfide) groups is 1. The number of hydrogen-bond acceptors (Lipinski definition) is 2. The fourth-order valence-electron chi connectivity index (χ4n) is 1.47. The van der Waals surface area contributed by atoms with Crippen molar-refractivity contribution in [1.29, 1.82) is 0 Å². The SMILES string of the molecule is O=C(CSc1ccc(F)cc1)c1cc(F)ccc1Cl. The molecule has 0 aliphatic rings. The largest absolute Gasteiger partial charge is 0.293 e. The van der Waals surface area contributed by atoms with Gasteiger partial charge in [-0.2, -0.15) is 0 Å². The lowest BCUT2D eigenvalue weighted by atomic mass is 10.1. The van der Waals surface area contributed by atoms with Gasteiger partial charge in [-0.3, -0.25) is 4.79 Å². The molecule has 0 bridgehead atoms. The Morgan fingerprint density at radius 2 is 1.68 bits per heavy atom. The summed E-state index contributed by atoms with van der Waals surface area (Å²) in [5.74, 6) is -0.975. The minimum Gasteiger partial charge on any atom is -0.293 e. The average molecular weight is 299 g/mol. The molecule has 2 aromatic rings. The van der Waals surface area contributed by atoms with Crippen LogP contribution in [0.4, 0.5) is 8.78 Å². The smallest absolute Gasteiger partial charge is 0.174 e. The average Bonchev–Trinajstić information content (AvgIpc) is 2.40. The van der Waals surface area contributed by atoms with Crippen LogP contribution in [0, 0.1) is 11.6 Å². The van der Waals surface area contributed by atoms with Crippen LogP contribution >= 0.6 is 23.4 Å².